The van der Waals surface area contributed by atoms with Crippen molar-refractivity contribution in [2.45, 2.75) is 6.92 Å². The van der Waals surface area contributed by atoms with Crippen LogP contribution < -0.4 is 4.74 Å². The molecule has 0 saturated carbocycles. The van der Waals surface area contributed by atoms with Crippen LogP contribution in [0.4, 0.5) is 0 Å². The van der Waals surface area contributed by atoms with Gasteiger partial charge in [-0.1, -0.05) is 36.4 Å². The van der Waals surface area contributed by atoms with Crippen LogP contribution in [0.5, 0.6) is 5.75 Å². The van der Waals surface area contributed by atoms with Crippen LogP contribution in [0.15, 0.2) is 42.5 Å². The summed E-state index contributed by atoms with van der Waals surface area (Å²) in [6.45, 7) is 2.72. The van der Waals surface area contributed by atoms with Crippen molar-refractivity contribution in [1.82, 2.24) is 0 Å². The molecule has 20 heavy (non-hydrogen) atoms. The van der Waals surface area contributed by atoms with E-state index in [1.165, 1.54) is 10.8 Å². The van der Waals surface area contributed by atoms with Crippen LogP contribution in [0, 0.1) is 0 Å². The second-order valence-electron chi connectivity index (χ2n) is 3.77. The van der Waals surface area contributed by atoms with Gasteiger partial charge in [-0.15, -0.1) is 0 Å². The van der Waals surface area contributed by atoms with E-state index in [9.17, 15) is 0 Å². The van der Waals surface area contributed by atoms with Crippen LogP contribution in [-0.4, -0.2) is 37.5 Å². The maximum absolute atomic E-state index is 5.52. The van der Waals surface area contributed by atoms with Crippen molar-refractivity contribution in [2.75, 3.05) is 27.9 Å². The van der Waals surface area contributed by atoms with E-state index in [0.29, 0.717) is 6.61 Å². The molecule has 0 heterocycles. The summed E-state index contributed by atoms with van der Waals surface area (Å²) in [6.07, 6.45) is 0. The first-order valence-electron chi connectivity index (χ1n) is 6.36. The molecule has 0 saturated heterocycles. The third kappa shape index (κ3) is 4.94. The molecule has 0 aromatic heterocycles. The third-order valence-electron chi connectivity index (χ3n) is 2.55. The number of fused-ring (bicyclic) bond motifs is 1. The lowest BCUT2D eigenvalue weighted by Gasteiger charge is -2.06. The van der Waals surface area contributed by atoms with Gasteiger partial charge in [-0.25, -0.2) is 0 Å². The van der Waals surface area contributed by atoms with Gasteiger partial charge in [0.25, 0.3) is 0 Å². The lowest BCUT2D eigenvalue weighted by atomic mass is 10.1. The summed E-state index contributed by atoms with van der Waals surface area (Å²) in [6, 6.07) is 14.4. The van der Waals surface area contributed by atoms with Gasteiger partial charge >= 0.3 is 9.53 Å². The van der Waals surface area contributed by atoms with Crippen molar-refractivity contribution in [3.63, 3.8) is 0 Å². The summed E-state index contributed by atoms with van der Waals surface area (Å²) in [7, 11) is 3.31. The molecule has 0 atom stereocenters. The summed E-state index contributed by atoms with van der Waals surface area (Å²) in [5.41, 5.74) is 0. The number of hydrogen-bond donors (Lipinski definition) is 0. The molecule has 0 spiro atoms. The smallest absolute Gasteiger partial charge is 0.493 e. The molecular weight excluding hydrogens is 272 g/mol. The first-order valence-corrected chi connectivity index (χ1v) is 7.58. The van der Waals surface area contributed by atoms with Crippen molar-refractivity contribution in [3.05, 3.63) is 42.5 Å². The largest absolute Gasteiger partial charge is 0.576 e. The maximum atomic E-state index is 5.52. The molecular formula is C15H21O4Si. The molecule has 5 heteroatoms. The maximum Gasteiger partial charge on any atom is 0.576 e. The fourth-order valence-corrected chi connectivity index (χ4v) is 2.23. The first kappa shape index (κ1) is 16.7. The summed E-state index contributed by atoms with van der Waals surface area (Å²) in [5, 5.41) is 2.42. The highest BCUT2D eigenvalue weighted by Crippen LogP contribution is 2.24. The minimum Gasteiger partial charge on any atom is -0.493 e. The molecule has 0 N–H and O–H groups in total. The topological polar surface area (TPSA) is 36.9 Å². The second-order valence-corrected chi connectivity index (χ2v) is 5.50. The average Bonchev–Trinajstić information content (AvgIpc) is 2.50. The number of benzene rings is 2. The van der Waals surface area contributed by atoms with Crippen molar-refractivity contribution in [2.24, 2.45) is 0 Å². The zero-order valence-electron chi connectivity index (χ0n) is 12.4. The highest BCUT2D eigenvalue weighted by molar-refractivity contribution is 6.36. The lowest BCUT2D eigenvalue weighted by Crippen LogP contribution is -2.21. The minimum atomic E-state index is -1.36. The standard InChI is InChI=1S/C12H12O.C3H9O3Si/c1-2-13-12-9-5-7-10-6-3-4-8-11(10)12;1-4-7(5-2)6-3/h3-9H,2H2,1H3;1-3H3. The zero-order chi connectivity index (χ0) is 14.8. The fourth-order valence-electron chi connectivity index (χ4n) is 1.73. The van der Waals surface area contributed by atoms with Gasteiger partial charge in [0.1, 0.15) is 5.75 Å². The Morgan fingerprint density at radius 2 is 1.45 bits per heavy atom. The Bertz CT molecular complexity index is 489. The summed E-state index contributed by atoms with van der Waals surface area (Å²) >= 11 is 0. The average molecular weight is 293 g/mol. The van der Waals surface area contributed by atoms with Gasteiger partial charge in [-0.05, 0) is 18.4 Å². The first-order chi connectivity index (χ1) is 9.76. The summed E-state index contributed by atoms with van der Waals surface area (Å²) in [5.74, 6) is 0.973. The molecule has 2 aromatic rings. The number of hydrogen-bond acceptors (Lipinski definition) is 4. The van der Waals surface area contributed by atoms with Gasteiger partial charge in [0, 0.05) is 26.7 Å². The highest BCUT2D eigenvalue weighted by atomic mass is 28.3. The Morgan fingerprint density at radius 1 is 0.850 bits per heavy atom. The van der Waals surface area contributed by atoms with E-state index in [4.69, 9.17) is 18.0 Å². The SMILES string of the molecule is CCOc1cccc2ccccc12.CO[Si](OC)OC. The molecule has 109 valence electrons. The second kappa shape index (κ2) is 9.49. The van der Waals surface area contributed by atoms with Crippen LogP contribution in [0.25, 0.3) is 10.8 Å². The van der Waals surface area contributed by atoms with E-state index < -0.39 is 9.53 Å². The Labute approximate surface area is 122 Å². The zero-order valence-corrected chi connectivity index (χ0v) is 13.4. The van der Waals surface area contributed by atoms with E-state index >= 15 is 0 Å². The van der Waals surface area contributed by atoms with Crippen molar-refractivity contribution >= 4 is 20.3 Å². The Balaban J connectivity index is 0.000000246. The number of ether oxygens (including phenoxy) is 1. The molecule has 1 radical (unpaired) electrons. The van der Waals surface area contributed by atoms with E-state index in [2.05, 4.69) is 18.2 Å². The van der Waals surface area contributed by atoms with Gasteiger partial charge < -0.3 is 18.0 Å². The van der Waals surface area contributed by atoms with Crippen LogP contribution in [0.3, 0.4) is 0 Å². The van der Waals surface area contributed by atoms with Crippen molar-refractivity contribution < 1.29 is 18.0 Å². The van der Waals surface area contributed by atoms with Crippen LogP contribution in [0.1, 0.15) is 6.92 Å². The molecule has 2 aromatic carbocycles. The van der Waals surface area contributed by atoms with E-state index in [0.717, 1.165) is 5.75 Å². The van der Waals surface area contributed by atoms with Crippen molar-refractivity contribution in [1.29, 1.82) is 0 Å². The molecule has 0 aliphatic heterocycles. The van der Waals surface area contributed by atoms with E-state index in [-0.39, 0.29) is 0 Å². The Morgan fingerprint density at radius 3 is 2.00 bits per heavy atom. The lowest BCUT2D eigenvalue weighted by molar-refractivity contribution is 0.163. The van der Waals surface area contributed by atoms with Crippen LogP contribution >= 0.6 is 0 Å². The molecule has 0 aliphatic rings. The number of rotatable bonds is 5. The molecule has 0 unspecified atom stereocenters. The monoisotopic (exact) mass is 293 g/mol. The predicted octanol–water partition coefficient (Wildman–Crippen LogP) is 3.15. The van der Waals surface area contributed by atoms with Gasteiger partial charge in [0.15, 0.2) is 0 Å². The Hall–Kier alpha value is -1.40. The van der Waals surface area contributed by atoms with Crippen LogP contribution in [0.2, 0.25) is 0 Å². The molecule has 0 fully saturated rings. The fraction of sp³-hybridized carbons (Fsp3) is 0.333. The molecule has 0 bridgehead atoms. The molecule has 4 nitrogen and oxygen atoms in total. The van der Waals surface area contributed by atoms with E-state index in [1.54, 1.807) is 21.3 Å². The highest BCUT2D eigenvalue weighted by Gasteiger charge is 2.09. The normalized spacial score (nSPS) is 10.2. The Kier molecular flexibility index (Phi) is 7.90. The molecule has 2 rings (SSSR count). The van der Waals surface area contributed by atoms with Gasteiger partial charge in [-0.2, -0.15) is 0 Å². The van der Waals surface area contributed by atoms with Gasteiger partial charge in [-0.3, -0.25) is 0 Å². The third-order valence-corrected chi connectivity index (χ3v) is 3.55. The van der Waals surface area contributed by atoms with Gasteiger partial charge in [0.05, 0.1) is 6.61 Å². The van der Waals surface area contributed by atoms with Crippen molar-refractivity contribution in [3.8, 4) is 5.75 Å². The summed E-state index contributed by atoms with van der Waals surface area (Å²) in [4.78, 5) is 0. The summed E-state index contributed by atoms with van der Waals surface area (Å²) < 4.78 is 19.6. The van der Waals surface area contributed by atoms with Gasteiger partial charge in [0.2, 0.25) is 0 Å². The molecule has 0 amide bonds. The quantitative estimate of drug-likeness (QED) is 0.794. The minimum absolute atomic E-state index is 0.716. The van der Waals surface area contributed by atoms with E-state index in [1.807, 2.05) is 31.2 Å². The molecule has 0 aliphatic carbocycles. The predicted molar refractivity (Wildman–Crippen MR) is 81.9 cm³/mol. The van der Waals surface area contributed by atoms with Crippen LogP contribution in [-0.2, 0) is 13.3 Å².